The van der Waals surface area contributed by atoms with E-state index in [2.05, 4.69) is 18.2 Å². The van der Waals surface area contributed by atoms with Gasteiger partial charge in [0, 0.05) is 10.1 Å². The van der Waals surface area contributed by atoms with Crippen molar-refractivity contribution in [3.05, 3.63) is 70.6 Å². The Morgan fingerprint density at radius 3 is 2.54 bits per heavy atom. The van der Waals surface area contributed by atoms with Crippen LogP contribution in [-0.4, -0.2) is 20.4 Å². The zero-order chi connectivity index (χ0) is 19.3. The van der Waals surface area contributed by atoms with Crippen molar-refractivity contribution in [3.8, 4) is 0 Å². The minimum Gasteiger partial charge on any atom is -0.288 e. The van der Waals surface area contributed by atoms with Gasteiger partial charge >= 0.3 is 0 Å². The fourth-order valence-electron chi connectivity index (χ4n) is 3.61. The third-order valence-electron chi connectivity index (χ3n) is 5.11. The first-order chi connectivity index (χ1) is 13.7. The standard InChI is InChI=1S/C23H23NOS3/c25-22-21(28-23(26)24(22)16-17-9-3-1-4-10-17)15-18-11-7-8-14-20(18)27-19-12-5-2-6-13-19/h1,3-4,7-11,14-15,19H,2,5-6,12-13,16H2/b21-15+. The SMILES string of the molecule is O=C1/C(=C\c2ccccc2SC2CCCCC2)SC(=S)N1Cc1ccccc1. The lowest BCUT2D eigenvalue weighted by molar-refractivity contribution is -0.122. The van der Waals surface area contributed by atoms with Crippen LogP contribution >= 0.6 is 35.7 Å². The highest BCUT2D eigenvalue weighted by atomic mass is 32.2. The third kappa shape index (κ3) is 4.70. The normalized spacial score (nSPS) is 19.6. The molecular weight excluding hydrogens is 402 g/mol. The fourth-order valence-corrected chi connectivity index (χ4v) is 6.21. The van der Waals surface area contributed by atoms with Crippen molar-refractivity contribution in [3.63, 3.8) is 0 Å². The second kappa shape index (κ2) is 9.29. The molecule has 1 aliphatic carbocycles. The summed E-state index contributed by atoms with van der Waals surface area (Å²) in [4.78, 5) is 16.7. The smallest absolute Gasteiger partial charge is 0.266 e. The fraction of sp³-hybridized carbons (Fsp3) is 0.304. The molecule has 0 N–H and O–H groups in total. The molecule has 1 saturated heterocycles. The van der Waals surface area contributed by atoms with Gasteiger partial charge in [0.2, 0.25) is 0 Å². The lowest BCUT2D eigenvalue weighted by Gasteiger charge is -2.21. The molecule has 2 fully saturated rings. The van der Waals surface area contributed by atoms with Crippen LogP contribution in [0.25, 0.3) is 6.08 Å². The summed E-state index contributed by atoms with van der Waals surface area (Å²) in [6, 6.07) is 18.4. The van der Waals surface area contributed by atoms with Crippen molar-refractivity contribution in [2.75, 3.05) is 0 Å². The average molecular weight is 426 g/mol. The zero-order valence-corrected chi connectivity index (χ0v) is 18.1. The second-order valence-corrected chi connectivity index (χ2v) is 10.2. The van der Waals surface area contributed by atoms with E-state index in [9.17, 15) is 4.79 Å². The van der Waals surface area contributed by atoms with Crippen LogP contribution in [0.1, 0.15) is 43.2 Å². The molecule has 1 heterocycles. The van der Waals surface area contributed by atoms with Crippen molar-refractivity contribution in [2.24, 2.45) is 0 Å². The molecule has 4 rings (SSSR count). The van der Waals surface area contributed by atoms with Gasteiger partial charge in [0.1, 0.15) is 4.32 Å². The van der Waals surface area contributed by atoms with Crippen LogP contribution in [0.4, 0.5) is 0 Å². The van der Waals surface area contributed by atoms with Crippen LogP contribution in [0.2, 0.25) is 0 Å². The van der Waals surface area contributed by atoms with Gasteiger partial charge in [-0.3, -0.25) is 9.69 Å². The van der Waals surface area contributed by atoms with Gasteiger partial charge in [-0.05, 0) is 36.1 Å². The van der Waals surface area contributed by atoms with E-state index in [0.717, 1.165) is 16.0 Å². The van der Waals surface area contributed by atoms with Gasteiger partial charge in [-0.2, -0.15) is 0 Å². The molecule has 1 amide bonds. The van der Waals surface area contributed by atoms with Crippen LogP contribution in [0.15, 0.2) is 64.4 Å². The van der Waals surface area contributed by atoms with E-state index in [1.165, 1.54) is 48.8 Å². The van der Waals surface area contributed by atoms with Crippen LogP contribution in [0, 0.1) is 0 Å². The molecule has 2 aromatic carbocycles. The maximum atomic E-state index is 13.0. The Morgan fingerprint density at radius 2 is 1.75 bits per heavy atom. The molecule has 1 saturated carbocycles. The minimum absolute atomic E-state index is 0.0105. The van der Waals surface area contributed by atoms with E-state index in [0.29, 0.717) is 16.1 Å². The summed E-state index contributed by atoms with van der Waals surface area (Å²) in [5.41, 5.74) is 2.21. The molecule has 2 aliphatic rings. The number of nitrogens with zero attached hydrogens (tertiary/aromatic N) is 1. The topological polar surface area (TPSA) is 20.3 Å². The van der Waals surface area contributed by atoms with Crippen LogP contribution in [-0.2, 0) is 11.3 Å². The van der Waals surface area contributed by atoms with E-state index in [4.69, 9.17) is 12.2 Å². The number of rotatable bonds is 5. The third-order valence-corrected chi connectivity index (χ3v) is 7.92. The van der Waals surface area contributed by atoms with Crippen molar-refractivity contribution in [1.82, 2.24) is 4.90 Å². The van der Waals surface area contributed by atoms with E-state index in [-0.39, 0.29) is 5.91 Å². The Balaban J connectivity index is 1.52. The molecule has 1 aliphatic heterocycles. The largest absolute Gasteiger partial charge is 0.288 e. The summed E-state index contributed by atoms with van der Waals surface area (Å²) in [6.07, 6.45) is 8.63. The van der Waals surface area contributed by atoms with E-state index in [1.54, 1.807) is 4.90 Å². The Hall–Kier alpha value is -1.56. The van der Waals surface area contributed by atoms with Gasteiger partial charge in [0.15, 0.2) is 0 Å². The molecular formula is C23H23NOS3. The zero-order valence-electron chi connectivity index (χ0n) is 15.7. The van der Waals surface area contributed by atoms with Crippen LogP contribution in [0.3, 0.4) is 0 Å². The molecule has 144 valence electrons. The number of hydrogen-bond donors (Lipinski definition) is 0. The van der Waals surface area contributed by atoms with Gasteiger partial charge in [0.05, 0.1) is 11.4 Å². The predicted octanol–water partition coefficient (Wildman–Crippen LogP) is 6.51. The van der Waals surface area contributed by atoms with Gasteiger partial charge in [0.25, 0.3) is 5.91 Å². The van der Waals surface area contributed by atoms with Crippen molar-refractivity contribution < 1.29 is 4.79 Å². The lowest BCUT2D eigenvalue weighted by atomic mass is 10.0. The summed E-state index contributed by atoms with van der Waals surface area (Å²) in [5, 5.41) is 0.691. The van der Waals surface area contributed by atoms with Gasteiger partial charge < -0.3 is 0 Å². The molecule has 0 aromatic heterocycles. The molecule has 2 aromatic rings. The van der Waals surface area contributed by atoms with Crippen LogP contribution < -0.4 is 0 Å². The second-order valence-electron chi connectivity index (χ2n) is 7.17. The maximum absolute atomic E-state index is 13.0. The number of thiocarbonyl (C=S) groups is 1. The summed E-state index contributed by atoms with van der Waals surface area (Å²) in [5.74, 6) is 0.0105. The maximum Gasteiger partial charge on any atom is 0.266 e. The first-order valence-corrected chi connectivity index (χ1v) is 11.9. The number of benzene rings is 2. The van der Waals surface area contributed by atoms with Gasteiger partial charge in [-0.25, -0.2) is 0 Å². The van der Waals surface area contributed by atoms with Crippen molar-refractivity contribution >= 4 is 52.0 Å². The number of thioether (sulfide) groups is 2. The highest BCUT2D eigenvalue weighted by Gasteiger charge is 2.32. The Kier molecular flexibility index (Phi) is 6.55. The monoisotopic (exact) mass is 425 g/mol. The average Bonchev–Trinajstić information content (AvgIpc) is 2.98. The minimum atomic E-state index is 0.0105. The quantitative estimate of drug-likeness (QED) is 0.402. The number of amides is 1. The summed E-state index contributed by atoms with van der Waals surface area (Å²) in [7, 11) is 0. The van der Waals surface area contributed by atoms with Crippen molar-refractivity contribution in [1.29, 1.82) is 0 Å². The first kappa shape index (κ1) is 19.7. The summed E-state index contributed by atoms with van der Waals surface area (Å²) in [6.45, 7) is 0.529. The lowest BCUT2D eigenvalue weighted by Crippen LogP contribution is -2.27. The van der Waals surface area contributed by atoms with Crippen LogP contribution in [0.5, 0.6) is 0 Å². The molecule has 0 spiro atoms. The van der Waals surface area contributed by atoms with E-state index >= 15 is 0 Å². The summed E-state index contributed by atoms with van der Waals surface area (Å²) < 4.78 is 0.637. The van der Waals surface area contributed by atoms with E-state index in [1.807, 2.05) is 54.2 Å². The van der Waals surface area contributed by atoms with Gasteiger partial charge in [-0.1, -0.05) is 91.8 Å². The first-order valence-electron chi connectivity index (χ1n) is 9.76. The Labute approximate surface area is 180 Å². The molecule has 2 nitrogen and oxygen atoms in total. The molecule has 0 radical (unpaired) electrons. The molecule has 28 heavy (non-hydrogen) atoms. The van der Waals surface area contributed by atoms with Crippen molar-refractivity contribution in [2.45, 2.75) is 48.8 Å². The molecule has 0 atom stereocenters. The summed E-state index contributed by atoms with van der Waals surface area (Å²) >= 11 is 8.87. The Morgan fingerprint density at radius 1 is 1.04 bits per heavy atom. The highest BCUT2D eigenvalue weighted by molar-refractivity contribution is 8.26. The number of carbonyl (C=O) groups is 1. The Bertz CT molecular complexity index is 888. The number of hydrogen-bond acceptors (Lipinski definition) is 4. The van der Waals surface area contributed by atoms with E-state index < -0.39 is 0 Å². The molecule has 5 heteroatoms. The number of carbonyl (C=O) groups excluding carboxylic acids is 1. The van der Waals surface area contributed by atoms with Gasteiger partial charge in [-0.15, -0.1) is 11.8 Å². The predicted molar refractivity (Wildman–Crippen MR) is 124 cm³/mol. The molecule has 0 unspecified atom stereocenters. The highest BCUT2D eigenvalue weighted by Crippen LogP contribution is 2.38. The molecule has 0 bridgehead atoms.